The number of amides is 1. The molecule has 1 amide bonds. The number of hydrogen-bond donors (Lipinski definition) is 2. The van der Waals surface area contributed by atoms with Crippen molar-refractivity contribution < 1.29 is 4.79 Å². The van der Waals surface area contributed by atoms with Crippen molar-refractivity contribution in [1.82, 2.24) is 10.6 Å². The van der Waals surface area contributed by atoms with Gasteiger partial charge in [-0.25, -0.2) is 0 Å². The Balaban J connectivity index is 3.35. The third-order valence-electron chi connectivity index (χ3n) is 2.03. The molecule has 14 heavy (non-hydrogen) atoms. The molecule has 2 N–H and O–H groups in total. The fraction of sp³-hybridized carbons (Fsp3) is 0.727. The summed E-state index contributed by atoms with van der Waals surface area (Å²) in [7, 11) is 0. The molecule has 0 saturated carbocycles. The normalized spacial score (nSPS) is 13.1. The molecule has 0 aliphatic carbocycles. The van der Waals surface area contributed by atoms with Crippen LogP contribution in [-0.4, -0.2) is 25.0 Å². The van der Waals surface area contributed by atoms with Crippen molar-refractivity contribution in [2.75, 3.05) is 13.1 Å². The Morgan fingerprint density at radius 1 is 1.50 bits per heavy atom. The largest absolute Gasteiger partial charge is 0.353 e. The Morgan fingerprint density at radius 3 is 2.79 bits per heavy atom. The van der Waals surface area contributed by atoms with Crippen LogP contribution in [0.3, 0.4) is 0 Å². The van der Waals surface area contributed by atoms with E-state index in [1.165, 1.54) is 0 Å². The lowest BCUT2D eigenvalue weighted by atomic mass is 10.2. The van der Waals surface area contributed by atoms with Crippen LogP contribution in [0.2, 0.25) is 0 Å². The van der Waals surface area contributed by atoms with E-state index < -0.39 is 0 Å². The number of allylic oxidation sites excluding steroid dienone is 1. The van der Waals surface area contributed by atoms with Crippen LogP contribution in [0.15, 0.2) is 12.2 Å². The van der Waals surface area contributed by atoms with Crippen molar-refractivity contribution in [3.8, 4) is 0 Å². The molecule has 0 saturated heterocycles. The Bertz CT molecular complexity index is 178. The highest BCUT2D eigenvalue weighted by Crippen LogP contribution is 1.86. The van der Waals surface area contributed by atoms with E-state index in [1.54, 1.807) is 0 Å². The second kappa shape index (κ2) is 8.75. The first kappa shape index (κ1) is 13.2. The number of carbonyl (C=O) groups excluding carboxylic acids is 1. The molecule has 0 radical (unpaired) electrons. The summed E-state index contributed by atoms with van der Waals surface area (Å²) < 4.78 is 0. The van der Waals surface area contributed by atoms with Crippen LogP contribution in [0.5, 0.6) is 0 Å². The van der Waals surface area contributed by atoms with Gasteiger partial charge in [-0.05, 0) is 33.2 Å². The summed E-state index contributed by atoms with van der Waals surface area (Å²) in [6, 6.07) is 0.278. The molecular weight excluding hydrogens is 176 g/mol. The zero-order valence-electron chi connectivity index (χ0n) is 9.47. The van der Waals surface area contributed by atoms with E-state index in [-0.39, 0.29) is 11.9 Å². The molecule has 0 spiro atoms. The van der Waals surface area contributed by atoms with Gasteiger partial charge in [0.25, 0.3) is 0 Å². The molecule has 0 rings (SSSR count). The Morgan fingerprint density at radius 2 is 2.21 bits per heavy atom. The standard InChI is InChI=1S/C11H22N2O/c1-4-6-7-8-12-9-11(14)13-10(3)5-2/h4,6,10,12H,5,7-9H2,1-3H3,(H,13,14)/b6-4+. The molecule has 0 bridgehead atoms. The van der Waals surface area contributed by atoms with Gasteiger partial charge in [0.15, 0.2) is 0 Å². The average molecular weight is 198 g/mol. The SMILES string of the molecule is C/C=C/CCNCC(=O)NC(C)CC. The van der Waals surface area contributed by atoms with E-state index in [1.807, 2.05) is 19.9 Å². The summed E-state index contributed by atoms with van der Waals surface area (Å²) in [4.78, 5) is 11.3. The van der Waals surface area contributed by atoms with Crippen molar-refractivity contribution >= 4 is 5.91 Å². The van der Waals surface area contributed by atoms with Crippen LogP contribution in [0.1, 0.15) is 33.6 Å². The van der Waals surface area contributed by atoms with Crippen molar-refractivity contribution in [3.05, 3.63) is 12.2 Å². The fourth-order valence-electron chi connectivity index (χ4n) is 0.982. The second-order valence-corrected chi connectivity index (χ2v) is 3.41. The molecule has 0 heterocycles. The minimum absolute atomic E-state index is 0.0832. The van der Waals surface area contributed by atoms with Gasteiger partial charge in [0, 0.05) is 6.04 Å². The third kappa shape index (κ3) is 7.80. The monoisotopic (exact) mass is 198 g/mol. The summed E-state index contributed by atoms with van der Waals surface area (Å²) in [6.45, 7) is 7.35. The lowest BCUT2D eigenvalue weighted by molar-refractivity contribution is -0.120. The molecule has 0 aliphatic heterocycles. The van der Waals surface area contributed by atoms with Crippen molar-refractivity contribution in [2.45, 2.75) is 39.7 Å². The predicted molar refractivity (Wildman–Crippen MR) is 60.2 cm³/mol. The Hall–Kier alpha value is -0.830. The number of carbonyl (C=O) groups is 1. The maximum absolute atomic E-state index is 11.3. The molecule has 0 aromatic heterocycles. The molecule has 0 aromatic carbocycles. The van der Waals surface area contributed by atoms with Crippen molar-refractivity contribution in [2.24, 2.45) is 0 Å². The van der Waals surface area contributed by atoms with Gasteiger partial charge >= 0.3 is 0 Å². The van der Waals surface area contributed by atoms with Gasteiger partial charge in [-0.1, -0.05) is 19.1 Å². The molecule has 1 atom stereocenters. The first-order valence-electron chi connectivity index (χ1n) is 5.32. The summed E-state index contributed by atoms with van der Waals surface area (Å²) >= 11 is 0. The summed E-state index contributed by atoms with van der Waals surface area (Å²) in [5, 5.41) is 5.99. The summed E-state index contributed by atoms with van der Waals surface area (Å²) in [5.74, 6) is 0.0832. The van der Waals surface area contributed by atoms with Crippen LogP contribution >= 0.6 is 0 Å². The maximum atomic E-state index is 11.3. The molecule has 82 valence electrons. The fourth-order valence-corrected chi connectivity index (χ4v) is 0.982. The van der Waals surface area contributed by atoms with Gasteiger partial charge in [0.05, 0.1) is 6.54 Å². The average Bonchev–Trinajstić information content (AvgIpc) is 2.17. The van der Waals surface area contributed by atoms with Gasteiger partial charge < -0.3 is 10.6 Å². The molecule has 0 fully saturated rings. The number of nitrogens with one attached hydrogen (secondary N) is 2. The van der Waals surface area contributed by atoms with E-state index in [0.717, 1.165) is 19.4 Å². The van der Waals surface area contributed by atoms with E-state index >= 15 is 0 Å². The molecule has 0 aromatic rings. The minimum atomic E-state index is 0.0832. The smallest absolute Gasteiger partial charge is 0.234 e. The zero-order chi connectivity index (χ0) is 10.8. The first-order valence-corrected chi connectivity index (χ1v) is 5.32. The Kier molecular flexibility index (Phi) is 8.24. The van der Waals surface area contributed by atoms with Crippen LogP contribution < -0.4 is 10.6 Å². The second-order valence-electron chi connectivity index (χ2n) is 3.41. The summed E-state index contributed by atoms with van der Waals surface area (Å²) in [5.41, 5.74) is 0. The predicted octanol–water partition coefficient (Wildman–Crippen LogP) is 1.46. The number of rotatable bonds is 7. The van der Waals surface area contributed by atoms with Gasteiger partial charge in [-0.3, -0.25) is 4.79 Å². The molecular formula is C11H22N2O. The van der Waals surface area contributed by atoms with Crippen LogP contribution in [0.4, 0.5) is 0 Å². The third-order valence-corrected chi connectivity index (χ3v) is 2.03. The lowest BCUT2D eigenvalue weighted by Gasteiger charge is -2.11. The van der Waals surface area contributed by atoms with Gasteiger partial charge in [-0.2, -0.15) is 0 Å². The van der Waals surface area contributed by atoms with Crippen molar-refractivity contribution in [1.29, 1.82) is 0 Å². The van der Waals surface area contributed by atoms with Gasteiger partial charge in [0.1, 0.15) is 0 Å². The van der Waals surface area contributed by atoms with E-state index in [9.17, 15) is 4.79 Å². The molecule has 0 aliphatic rings. The first-order chi connectivity index (χ1) is 6.70. The topological polar surface area (TPSA) is 41.1 Å². The highest BCUT2D eigenvalue weighted by Gasteiger charge is 2.03. The summed E-state index contributed by atoms with van der Waals surface area (Å²) in [6.07, 6.45) is 6.05. The van der Waals surface area contributed by atoms with E-state index in [2.05, 4.69) is 23.6 Å². The van der Waals surface area contributed by atoms with Gasteiger partial charge in [0.2, 0.25) is 5.91 Å². The van der Waals surface area contributed by atoms with Crippen LogP contribution in [0, 0.1) is 0 Å². The van der Waals surface area contributed by atoms with Crippen LogP contribution in [-0.2, 0) is 4.79 Å². The highest BCUT2D eigenvalue weighted by atomic mass is 16.1. The zero-order valence-corrected chi connectivity index (χ0v) is 9.47. The van der Waals surface area contributed by atoms with E-state index in [0.29, 0.717) is 6.54 Å². The minimum Gasteiger partial charge on any atom is -0.353 e. The van der Waals surface area contributed by atoms with E-state index in [4.69, 9.17) is 0 Å². The van der Waals surface area contributed by atoms with Crippen LogP contribution in [0.25, 0.3) is 0 Å². The Labute approximate surface area is 87.0 Å². The maximum Gasteiger partial charge on any atom is 0.234 e. The molecule has 3 heteroatoms. The lowest BCUT2D eigenvalue weighted by Crippen LogP contribution is -2.38. The highest BCUT2D eigenvalue weighted by molar-refractivity contribution is 5.78. The van der Waals surface area contributed by atoms with Crippen molar-refractivity contribution in [3.63, 3.8) is 0 Å². The number of hydrogen-bond acceptors (Lipinski definition) is 2. The molecule has 3 nitrogen and oxygen atoms in total. The van der Waals surface area contributed by atoms with Gasteiger partial charge in [-0.15, -0.1) is 0 Å². The molecule has 1 unspecified atom stereocenters. The quantitative estimate of drug-likeness (QED) is 0.480.